The van der Waals surface area contributed by atoms with Crippen LogP contribution in [-0.2, 0) is 5.41 Å². The van der Waals surface area contributed by atoms with Gasteiger partial charge in [-0.15, -0.1) is 0 Å². The molecule has 0 amide bonds. The number of para-hydroxylation sites is 1. The molecule has 0 aliphatic heterocycles. The average molecular weight is 568 g/mol. The van der Waals surface area contributed by atoms with E-state index in [0.29, 0.717) is 0 Å². The van der Waals surface area contributed by atoms with Crippen molar-refractivity contribution in [3.8, 4) is 22.3 Å². The van der Waals surface area contributed by atoms with Crippen LogP contribution in [0, 0.1) is 0 Å². The van der Waals surface area contributed by atoms with Gasteiger partial charge in [0.15, 0.2) is 0 Å². The van der Waals surface area contributed by atoms with E-state index < -0.39 is 5.41 Å². The van der Waals surface area contributed by atoms with Gasteiger partial charge in [-0.05, 0) is 92.4 Å². The fourth-order valence-corrected chi connectivity index (χ4v) is 7.82. The van der Waals surface area contributed by atoms with E-state index in [1.165, 1.54) is 55.3 Å². The topological polar surface area (TPSA) is 3.24 Å². The second-order valence-corrected chi connectivity index (χ2v) is 11.9. The van der Waals surface area contributed by atoms with Gasteiger partial charge in [0, 0.05) is 21.8 Å². The van der Waals surface area contributed by atoms with Gasteiger partial charge in [-0.3, -0.25) is 0 Å². The summed E-state index contributed by atoms with van der Waals surface area (Å²) in [6.45, 7) is 0. The largest absolute Gasteiger partial charge is 0.310 e. The third-order valence-corrected chi connectivity index (χ3v) is 9.55. The van der Waals surface area contributed by atoms with E-state index in [1.807, 2.05) is 6.07 Å². The Kier molecular flexibility index (Phi) is 5.24. The molecule has 0 bridgehead atoms. The number of nitrogens with zero attached hydrogens (tertiary/aromatic N) is 1. The zero-order valence-electron chi connectivity index (χ0n) is 23.3. The molecule has 2 aliphatic carbocycles. The van der Waals surface area contributed by atoms with Gasteiger partial charge in [-0.2, -0.15) is 0 Å². The predicted octanol–water partition coefficient (Wildman–Crippen LogP) is 11.3. The van der Waals surface area contributed by atoms with Crippen LogP contribution in [0.3, 0.4) is 0 Å². The molecular formula is C41H26ClN. The van der Waals surface area contributed by atoms with E-state index in [0.717, 1.165) is 22.1 Å². The summed E-state index contributed by atoms with van der Waals surface area (Å²) in [6, 6.07) is 57.1. The third-order valence-electron chi connectivity index (χ3n) is 9.32. The molecular weight excluding hydrogens is 542 g/mol. The second kappa shape index (κ2) is 9.19. The molecule has 1 spiro atoms. The predicted molar refractivity (Wildman–Crippen MR) is 180 cm³/mol. The van der Waals surface area contributed by atoms with Crippen molar-refractivity contribution in [1.29, 1.82) is 0 Å². The van der Waals surface area contributed by atoms with Crippen LogP contribution in [0.25, 0.3) is 33.0 Å². The van der Waals surface area contributed by atoms with Crippen LogP contribution in [0.2, 0.25) is 5.02 Å². The SMILES string of the molecule is Clc1ccc2c(c1)C1(c3ccccc3-2)c2ccccc2-c2ccc(N(c3ccccc3)c3cccc4ccccc34)cc21. The van der Waals surface area contributed by atoms with Gasteiger partial charge in [0.2, 0.25) is 0 Å². The molecule has 0 radical (unpaired) electrons. The minimum atomic E-state index is -0.458. The first kappa shape index (κ1) is 24.5. The lowest BCUT2D eigenvalue weighted by Crippen LogP contribution is -2.26. The average Bonchev–Trinajstić information content (AvgIpc) is 3.52. The van der Waals surface area contributed by atoms with Gasteiger partial charge < -0.3 is 4.90 Å². The standard InChI is InChI=1S/C41H26ClN/c42-28-21-23-34-32-16-6-8-18-36(32)41(38(34)25-28)37-19-9-7-17-33(37)35-24-22-30(26-39(35)41)43(29-13-2-1-3-14-29)40-20-10-12-27-11-4-5-15-31(27)40/h1-26H. The molecule has 0 fully saturated rings. The molecule has 0 N–H and O–H groups in total. The van der Waals surface area contributed by atoms with Crippen molar-refractivity contribution >= 4 is 39.4 Å². The lowest BCUT2D eigenvalue weighted by molar-refractivity contribution is 0.793. The smallest absolute Gasteiger partial charge is 0.0726 e. The number of rotatable bonds is 3. The molecule has 1 atom stereocenters. The molecule has 1 nitrogen and oxygen atoms in total. The molecule has 0 heterocycles. The van der Waals surface area contributed by atoms with E-state index in [9.17, 15) is 0 Å². The van der Waals surface area contributed by atoms with E-state index in [4.69, 9.17) is 11.6 Å². The molecule has 2 aliphatic rings. The fourth-order valence-electron chi connectivity index (χ4n) is 7.65. The Bertz CT molecular complexity index is 2200. The van der Waals surface area contributed by atoms with Gasteiger partial charge in [0.1, 0.15) is 0 Å². The molecule has 0 saturated heterocycles. The van der Waals surface area contributed by atoms with Crippen LogP contribution in [0.1, 0.15) is 22.3 Å². The Morgan fingerprint density at radius 2 is 1.00 bits per heavy atom. The summed E-state index contributed by atoms with van der Waals surface area (Å²) in [5, 5.41) is 3.20. The van der Waals surface area contributed by atoms with Gasteiger partial charge in [-0.1, -0.05) is 127 Å². The van der Waals surface area contributed by atoms with Crippen molar-refractivity contribution in [2.24, 2.45) is 0 Å². The molecule has 9 rings (SSSR count). The highest BCUT2D eigenvalue weighted by Gasteiger charge is 2.51. The first-order valence-electron chi connectivity index (χ1n) is 14.7. The van der Waals surface area contributed by atoms with Crippen LogP contribution in [0.5, 0.6) is 0 Å². The quantitative estimate of drug-likeness (QED) is 0.205. The molecule has 7 aromatic rings. The van der Waals surface area contributed by atoms with Crippen molar-refractivity contribution in [1.82, 2.24) is 0 Å². The van der Waals surface area contributed by atoms with E-state index in [-0.39, 0.29) is 0 Å². The maximum absolute atomic E-state index is 6.77. The Balaban J connectivity index is 1.38. The molecule has 0 aromatic heterocycles. The summed E-state index contributed by atoms with van der Waals surface area (Å²) in [5.74, 6) is 0. The van der Waals surface area contributed by atoms with Crippen LogP contribution in [0.4, 0.5) is 17.1 Å². The molecule has 1 unspecified atom stereocenters. The molecule has 202 valence electrons. The number of fused-ring (bicyclic) bond motifs is 11. The summed E-state index contributed by atoms with van der Waals surface area (Å²) in [6.07, 6.45) is 0. The lowest BCUT2D eigenvalue weighted by Gasteiger charge is -2.32. The Morgan fingerprint density at radius 3 is 1.77 bits per heavy atom. The van der Waals surface area contributed by atoms with E-state index >= 15 is 0 Å². The Morgan fingerprint density at radius 1 is 0.419 bits per heavy atom. The van der Waals surface area contributed by atoms with Crippen molar-refractivity contribution in [2.45, 2.75) is 5.41 Å². The Hall–Kier alpha value is -5.11. The van der Waals surface area contributed by atoms with Crippen LogP contribution in [0.15, 0.2) is 158 Å². The number of benzene rings is 7. The molecule has 0 saturated carbocycles. The van der Waals surface area contributed by atoms with Crippen LogP contribution >= 0.6 is 11.6 Å². The highest BCUT2D eigenvalue weighted by Crippen LogP contribution is 2.63. The minimum Gasteiger partial charge on any atom is -0.310 e. The monoisotopic (exact) mass is 567 g/mol. The number of halogens is 1. The molecule has 43 heavy (non-hydrogen) atoms. The summed E-state index contributed by atoms with van der Waals surface area (Å²) in [4.78, 5) is 2.40. The third kappa shape index (κ3) is 3.34. The van der Waals surface area contributed by atoms with Crippen molar-refractivity contribution in [2.75, 3.05) is 4.90 Å². The summed E-state index contributed by atoms with van der Waals surface area (Å²) in [7, 11) is 0. The van der Waals surface area contributed by atoms with Gasteiger partial charge in [0.05, 0.1) is 11.1 Å². The highest BCUT2D eigenvalue weighted by atomic mass is 35.5. The second-order valence-electron chi connectivity index (χ2n) is 11.4. The first-order chi connectivity index (χ1) is 21.2. The Labute approximate surface area is 256 Å². The van der Waals surface area contributed by atoms with Crippen molar-refractivity contribution in [3.63, 3.8) is 0 Å². The maximum atomic E-state index is 6.77. The summed E-state index contributed by atoms with van der Waals surface area (Å²) >= 11 is 6.77. The highest BCUT2D eigenvalue weighted by molar-refractivity contribution is 6.30. The minimum absolute atomic E-state index is 0.458. The molecule has 2 heteroatoms. The number of hydrogen-bond donors (Lipinski definition) is 0. The van der Waals surface area contributed by atoms with Gasteiger partial charge in [-0.25, -0.2) is 0 Å². The van der Waals surface area contributed by atoms with E-state index in [1.54, 1.807) is 0 Å². The lowest BCUT2D eigenvalue weighted by atomic mass is 9.70. The van der Waals surface area contributed by atoms with Gasteiger partial charge >= 0.3 is 0 Å². The van der Waals surface area contributed by atoms with E-state index in [2.05, 4.69) is 157 Å². The van der Waals surface area contributed by atoms with Crippen LogP contribution in [-0.4, -0.2) is 0 Å². The molecule has 7 aromatic carbocycles. The summed E-state index contributed by atoms with van der Waals surface area (Å²) in [5.41, 5.74) is 13.2. The normalized spacial score (nSPS) is 15.7. The van der Waals surface area contributed by atoms with Crippen molar-refractivity contribution < 1.29 is 0 Å². The van der Waals surface area contributed by atoms with Gasteiger partial charge in [0.25, 0.3) is 0 Å². The fraction of sp³-hybridized carbons (Fsp3) is 0.0244. The van der Waals surface area contributed by atoms with Crippen molar-refractivity contribution in [3.05, 3.63) is 185 Å². The summed E-state index contributed by atoms with van der Waals surface area (Å²) < 4.78 is 0. The first-order valence-corrected chi connectivity index (χ1v) is 15.1. The van der Waals surface area contributed by atoms with Crippen LogP contribution < -0.4 is 4.90 Å². The zero-order chi connectivity index (χ0) is 28.5. The number of anilines is 3. The zero-order valence-corrected chi connectivity index (χ0v) is 24.1. The number of hydrogen-bond acceptors (Lipinski definition) is 1. The maximum Gasteiger partial charge on any atom is 0.0726 e.